The van der Waals surface area contributed by atoms with Crippen LogP contribution in [-0.4, -0.2) is 13.1 Å². The minimum atomic E-state index is -5.03. The van der Waals surface area contributed by atoms with Crippen LogP contribution in [0.3, 0.4) is 0 Å². The molecule has 0 unspecified atom stereocenters. The van der Waals surface area contributed by atoms with Crippen molar-refractivity contribution in [2.24, 2.45) is 0 Å². The van der Waals surface area contributed by atoms with Crippen LogP contribution in [0.4, 0.5) is 13.2 Å². The largest absolute Gasteiger partial charge is 0.465 e. The topological polar surface area (TPSA) is 26.3 Å². The van der Waals surface area contributed by atoms with Crippen LogP contribution >= 0.6 is 0 Å². The minimum absolute atomic E-state index is 0.819. The molecule has 0 N–H and O–H groups in total. The second-order valence-corrected chi connectivity index (χ2v) is 2.24. The lowest BCUT2D eigenvalue weighted by Crippen LogP contribution is -2.06. The first-order valence-corrected chi connectivity index (χ1v) is 3.38. The summed E-state index contributed by atoms with van der Waals surface area (Å²) in [5.74, 6) is -1.22. The fraction of sp³-hybridized carbons (Fsp3) is 0.222. The first kappa shape index (κ1) is 6.06. The van der Waals surface area contributed by atoms with E-state index in [9.17, 15) is 18.0 Å². The number of alkyl halides is 3. The van der Waals surface area contributed by atoms with E-state index < -0.39 is 47.4 Å². The first-order chi connectivity index (χ1) is 8.12. The van der Waals surface area contributed by atoms with Crippen LogP contribution in [0.5, 0.6) is 0 Å². The van der Waals surface area contributed by atoms with Gasteiger partial charge in [-0.3, -0.25) is 0 Å². The highest BCUT2D eigenvalue weighted by Gasteiger charge is 2.30. The van der Waals surface area contributed by atoms with E-state index in [4.69, 9.17) is 5.48 Å². The zero-order valence-electron chi connectivity index (χ0n) is 11.0. The van der Waals surface area contributed by atoms with Crippen LogP contribution in [0.25, 0.3) is 0 Å². The molecule has 2 nitrogen and oxygen atoms in total. The molecule has 0 aliphatic heterocycles. The van der Waals surface area contributed by atoms with Crippen molar-refractivity contribution in [1.29, 1.82) is 0 Å². The molecule has 0 fully saturated rings. The normalized spacial score (nSPS) is 15.1. The van der Waals surface area contributed by atoms with Crippen molar-refractivity contribution in [3.63, 3.8) is 0 Å². The Hall–Kier alpha value is -1.52. The molecule has 1 aromatic carbocycles. The van der Waals surface area contributed by atoms with Crippen LogP contribution < -0.4 is 0 Å². The number of carbonyl (C=O) groups excluding carboxylic acids is 1. The van der Waals surface area contributed by atoms with Gasteiger partial charge in [0.1, 0.15) is 0 Å². The smallest absolute Gasteiger partial charge is 0.416 e. The van der Waals surface area contributed by atoms with Crippen molar-refractivity contribution >= 4 is 5.97 Å². The van der Waals surface area contributed by atoms with Gasteiger partial charge in [0.2, 0.25) is 0 Å². The Morgan fingerprint density at radius 2 is 1.86 bits per heavy atom. The van der Waals surface area contributed by atoms with Gasteiger partial charge in [-0.1, -0.05) is 0 Å². The van der Waals surface area contributed by atoms with Gasteiger partial charge < -0.3 is 4.74 Å². The van der Waals surface area contributed by atoms with Gasteiger partial charge in [0, 0.05) is 0 Å². The third kappa shape index (κ3) is 2.25. The third-order valence-electron chi connectivity index (χ3n) is 1.30. The van der Waals surface area contributed by atoms with Crippen LogP contribution in [0.2, 0.25) is 0 Å². The number of halogens is 3. The summed E-state index contributed by atoms with van der Waals surface area (Å²) in [7, 11) is 0.923. The Balaban J connectivity index is 3.72. The molecule has 1 rings (SSSR count). The molecular formula is C9H7F3O2. The summed E-state index contributed by atoms with van der Waals surface area (Å²) in [5.41, 5.74) is -2.52. The number of esters is 1. The molecule has 1 aromatic rings. The molecule has 0 radical (unpaired) electrons. The van der Waals surface area contributed by atoms with Crippen molar-refractivity contribution in [2.45, 2.75) is 6.18 Å². The second-order valence-electron chi connectivity index (χ2n) is 2.24. The lowest BCUT2D eigenvalue weighted by molar-refractivity contribution is -0.137. The van der Waals surface area contributed by atoms with Crippen molar-refractivity contribution in [2.75, 3.05) is 7.11 Å². The molecule has 0 heterocycles. The average molecular weight is 208 g/mol. The zero-order chi connectivity index (χ0) is 14.2. The molecule has 0 atom stereocenters. The third-order valence-corrected chi connectivity index (χ3v) is 1.30. The van der Waals surface area contributed by atoms with Gasteiger partial charge in [0.05, 0.1) is 23.7 Å². The van der Waals surface area contributed by atoms with Crippen molar-refractivity contribution in [1.82, 2.24) is 0 Å². The number of hydrogen-bond donors (Lipinski definition) is 0. The molecule has 0 bridgehead atoms. The molecule has 0 spiro atoms. The molecule has 0 saturated heterocycles. The Kier molecular flexibility index (Phi) is 1.60. The number of carbonyl (C=O) groups is 1. The predicted octanol–water partition coefficient (Wildman–Crippen LogP) is 2.49. The maximum Gasteiger partial charge on any atom is 0.416 e. The van der Waals surface area contributed by atoms with Gasteiger partial charge in [-0.05, 0) is 24.2 Å². The molecule has 0 aliphatic carbocycles. The SMILES string of the molecule is [2H]c1c([2H])c(C(F)(F)F)c([2H])c([2H])c1C(=O)OC. The number of rotatable bonds is 1. The van der Waals surface area contributed by atoms with Crippen LogP contribution in [0, 0.1) is 0 Å². The van der Waals surface area contributed by atoms with Gasteiger partial charge in [0.25, 0.3) is 0 Å². The van der Waals surface area contributed by atoms with E-state index in [-0.39, 0.29) is 0 Å². The fourth-order valence-corrected chi connectivity index (χ4v) is 0.658. The first-order valence-electron chi connectivity index (χ1n) is 5.38. The lowest BCUT2D eigenvalue weighted by Gasteiger charge is -2.06. The van der Waals surface area contributed by atoms with Crippen LogP contribution in [-0.2, 0) is 10.9 Å². The van der Waals surface area contributed by atoms with Gasteiger partial charge >= 0.3 is 12.1 Å². The molecular weight excluding hydrogens is 197 g/mol. The molecule has 0 aliphatic rings. The summed E-state index contributed by atoms with van der Waals surface area (Å²) in [6.45, 7) is 0. The quantitative estimate of drug-likeness (QED) is 0.663. The molecule has 76 valence electrons. The van der Waals surface area contributed by atoms with E-state index in [2.05, 4.69) is 4.74 Å². The molecule has 14 heavy (non-hydrogen) atoms. The summed E-state index contributed by atoms with van der Waals surface area (Å²) >= 11 is 0. The van der Waals surface area contributed by atoms with E-state index in [1.165, 1.54) is 0 Å². The van der Waals surface area contributed by atoms with Gasteiger partial charge in [-0.25, -0.2) is 4.79 Å². The highest BCUT2D eigenvalue weighted by atomic mass is 19.4. The average Bonchev–Trinajstić information content (AvgIpc) is 2.24. The van der Waals surface area contributed by atoms with Gasteiger partial charge in [0.15, 0.2) is 0 Å². The maximum atomic E-state index is 12.6. The maximum absolute atomic E-state index is 12.6. The summed E-state index contributed by atoms with van der Waals surface area (Å²) in [4.78, 5) is 11.2. The van der Waals surface area contributed by atoms with Crippen LogP contribution in [0.15, 0.2) is 24.2 Å². The Morgan fingerprint density at radius 1 is 1.36 bits per heavy atom. The van der Waals surface area contributed by atoms with Crippen molar-refractivity contribution in [3.8, 4) is 0 Å². The van der Waals surface area contributed by atoms with E-state index in [1.807, 2.05) is 0 Å². The van der Waals surface area contributed by atoms with E-state index >= 15 is 0 Å². The van der Waals surface area contributed by atoms with Gasteiger partial charge in [-0.2, -0.15) is 13.2 Å². The summed E-state index contributed by atoms with van der Waals surface area (Å²) in [6, 6.07) is -4.78. The minimum Gasteiger partial charge on any atom is -0.465 e. The summed E-state index contributed by atoms with van der Waals surface area (Å²) in [5, 5.41) is 0. The number of methoxy groups -OCH3 is 1. The standard InChI is InChI=1S/C9H7F3O2/c1-14-8(13)6-2-4-7(5-3-6)9(10,11)12/h2-5H,1H3/i2D,3D,4D,5D. The Bertz CT molecular complexity index is 485. The highest BCUT2D eigenvalue weighted by molar-refractivity contribution is 5.89. The number of ether oxygens (including phenoxy) is 1. The fourth-order valence-electron chi connectivity index (χ4n) is 0.658. The highest BCUT2D eigenvalue weighted by Crippen LogP contribution is 2.29. The van der Waals surface area contributed by atoms with Gasteiger partial charge in [-0.15, -0.1) is 0 Å². The molecule has 0 saturated carbocycles. The number of benzene rings is 1. The van der Waals surface area contributed by atoms with Crippen LogP contribution in [0.1, 0.15) is 21.4 Å². The number of hydrogen-bond acceptors (Lipinski definition) is 2. The zero-order valence-corrected chi connectivity index (χ0v) is 6.95. The molecule has 5 heteroatoms. The van der Waals surface area contributed by atoms with E-state index in [1.54, 1.807) is 0 Å². The van der Waals surface area contributed by atoms with Crippen molar-refractivity contribution in [3.05, 3.63) is 35.3 Å². The van der Waals surface area contributed by atoms with E-state index in [0.717, 1.165) is 7.11 Å². The monoisotopic (exact) mass is 208 g/mol. The molecule has 0 aromatic heterocycles. The Morgan fingerprint density at radius 3 is 2.21 bits per heavy atom. The Labute approximate surface area is 83.9 Å². The second kappa shape index (κ2) is 3.69. The van der Waals surface area contributed by atoms with Crippen molar-refractivity contribution < 1.29 is 28.2 Å². The summed E-state index contributed by atoms with van der Waals surface area (Å²) in [6.07, 6.45) is -5.03. The summed E-state index contributed by atoms with van der Waals surface area (Å²) < 4.78 is 70.8. The van der Waals surface area contributed by atoms with E-state index in [0.29, 0.717) is 0 Å². The lowest BCUT2D eigenvalue weighted by atomic mass is 10.1. The predicted molar refractivity (Wildman–Crippen MR) is 42.8 cm³/mol. The molecule has 0 amide bonds.